The minimum Gasteiger partial charge on any atom is -0.359 e. The molecule has 1 aromatic heterocycles. The number of nitrogens with zero attached hydrogens (tertiary/aromatic N) is 3. The highest BCUT2D eigenvalue weighted by Gasteiger charge is 2.19. The Morgan fingerprint density at radius 3 is 2.96 bits per heavy atom. The number of hydrogen-bond donors (Lipinski definition) is 2. The van der Waals surface area contributed by atoms with Crippen LogP contribution in [0.15, 0.2) is 15.6 Å². The Balaban J connectivity index is 1.70. The first-order valence-electron chi connectivity index (χ1n) is 8.89. The molecule has 0 radical (unpaired) electrons. The molecule has 6 nitrogen and oxygen atoms in total. The van der Waals surface area contributed by atoms with Gasteiger partial charge < -0.3 is 15.2 Å². The molecule has 1 atom stereocenters. The Morgan fingerprint density at radius 2 is 2.26 bits per heavy atom. The first-order chi connectivity index (χ1) is 11.3. The van der Waals surface area contributed by atoms with Crippen molar-refractivity contribution in [1.82, 2.24) is 20.7 Å². The van der Waals surface area contributed by atoms with Gasteiger partial charge in [0.1, 0.15) is 0 Å². The van der Waals surface area contributed by atoms with Crippen molar-refractivity contribution < 1.29 is 4.52 Å². The van der Waals surface area contributed by atoms with Gasteiger partial charge in [-0.2, -0.15) is 0 Å². The van der Waals surface area contributed by atoms with Crippen LogP contribution < -0.4 is 10.6 Å². The number of guanidine groups is 1. The molecular formula is C17H31N5O. The van der Waals surface area contributed by atoms with Crippen LogP contribution in [0, 0.1) is 0 Å². The van der Waals surface area contributed by atoms with Crippen LogP contribution in [0.1, 0.15) is 51.0 Å². The van der Waals surface area contributed by atoms with Gasteiger partial charge in [0, 0.05) is 32.2 Å². The molecule has 0 amide bonds. The van der Waals surface area contributed by atoms with E-state index in [4.69, 9.17) is 4.52 Å². The molecule has 1 saturated heterocycles. The molecule has 6 heteroatoms. The summed E-state index contributed by atoms with van der Waals surface area (Å²) in [7, 11) is 1.79. The highest BCUT2D eigenvalue weighted by atomic mass is 16.5. The standard InChI is InChI=1S/C17H31N5O/c1-4-14-12-16(23-21-14)13-20-17(18-3)19-9-11-22-10-7-6-8-15(22)5-2/h12,15H,4-11,13H2,1-3H3,(H2,18,19,20). The van der Waals surface area contributed by atoms with Crippen molar-refractivity contribution in [3.63, 3.8) is 0 Å². The summed E-state index contributed by atoms with van der Waals surface area (Å²) < 4.78 is 5.28. The lowest BCUT2D eigenvalue weighted by atomic mass is 10.0. The Kier molecular flexibility index (Phi) is 7.39. The van der Waals surface area contributed by atoms with E-state index >= 15 is 0 Å². The predicted molar refractivity (Wildman–Crippen MR) is 93.6 cm³/mol. The molecule has 1 unspecified atom stereocenters. The van der Waals surface area contributed by atoms with Crippen LogP contribution in [0.25, 0.3) is 0 Å². The monoisotopic (exact) mass is 321 g/mol. The predicted octanol–water partition coefficient (Wildman–Crippen LogP) is 2.17. The molecule has 0 saturated carbocycles. The van der Waals surface area contributed by atoms with Crippen LogP contribution in [-0.2, 0) is 13.0 Å². The fourth-order valence-corrected chi connectivity index (χ4v) is 3.13. The molecule has 0 bridgehead atoms. The molecule has 2 N–H and O–H groups in total. The second-order valence-electron chi connectivity index (χ2n) is 6.08. The zero-order chi connectivity index (χ0) is 16.5. The largest absolute Gasteiger partial charge is 0.359 e. The highest BCUT2D eigenvalue weighted by molar-refractivity contribution is 5.79. The Labute approximate surface area is 139 Å². The lowest BCUT2D eigenvalue weighted by Gasteiger charge is -2.35. The van der Waals surface area contributed by atoms with E-state index in [1.807, 2.05) is 6.07 Å². The fourth-order valence-electron chi connectivity index (χ4n) is 3.13. The van der Waals surface area contributed by atoms with Gasteiger partial charge in [-0.05, 0) is 32.2 Å². The normalized spacial score (nSPS) is 19.8. The number of aliphatic imine (C=N–C) groups is 1. The van der Waals surface area contributed by atoms with Crippen molar-refractivity contribution in [3.8, 4) is 0 Å². The van der Waals surface area contributed by atoms with E-state index in [2.05, 4.69) is 39.5 Å². The van der Waals surface area contributed by atoms with Gasteiger partial charge in [-0.25, -0.2) is 0 Å². The molecule has 130 valence electrons. The van der Waals surface area contributed by atoms with E-state index in [1.165, 1.54) is 32.2 Å². The Bertz CT molecular complexity index is 485. The summed E-state index contributed by atoms with van der Waals surface area (Å²) in [5.41, 5.74) is 0.987. The van der Waals surface area contributed by atoms with Crippen LogP contribution in [0.2, 0.25) is 0 Å². The average molecular weight is 321 g/mol. The van der Waals surface area contributed by atoms with Crippen LogP contribution in [0.5, 0.6) is 0 Å². The smallest absolute Gasteiger partial charge is 0.191 e. The fraction of sp³-hybridized carbons (Fsp3) is 0.765. The molecule has 2 rings (SSSR count). The number of hydrogen-bond acceptors (Lipinski definition) is 4. The quantitative estimate of drug-likeness (QED) is 0.595. The maximum Gasteiger partial charge on any atom is 0.191 e. The van der Waals surface area contributed by atoms with Crippen molar-refractivity contribution in [1.29, 1.82) is 0 Å². The Morgan fingerprint density at radius 1 is 1.39 bits per heavy atom. The molecule has 23 heavy (non-hydrogen) atoms. The van der Waals surface area contributed by atoms with Gasteiger partial charge in [0.05, 0.1) is 12.2 Å². The van der Waals surface area contributed by atoms with E-state index in [-0.39, 0.29) is 0 Å². The summed E-state index contributed by atoms with van der Waals surface area (Å²) in [6.45, 7) is 8.17. The molecule has 0 aliphatic carbocycles. The number of nitrogens with one attached hydrogen (secondary N) is 2. The van der Waals surface area contributed by atoms with E-state index in [9.17, 15) is 0 Å². The number of rotatable bonds is 7. The average Bonchev–Trinajstić information content (AvgIpc) is 3.06. The zero-order valence-electron chi connectivity index (χ0n) is 14.8. The SMILES string of the molecule is CCc1cc(CNC(=NC)NCCN2CCCCC2CC)on1. The van der Waals surface area contributed by atoms with E-state index in [0.717, 1.165) is 43.0 Å². The van der Waals surface area contributed by atoms with Crippen molar-refractivity contribution in [2.24, 2.45) is 4.99 Å². The summed E-state index contributed by atoms with van der Waals surface area (Å²) in [6, 6.07) is 2.74. The van der Waals surface area contributed by atoms with Gasteiger partial charge in [-0.15, -0.1) is 0 Å². The number of aromatic nitrogens is 1. The lowest BCUT2D eigenvalue weighted by Crippen LogP contribution is -2.45. The van der Waals surface area contributed by atoms with Crippen molar-refractivity contribution in [2.45, 2.75) is 58.5 Å². The van der Waals surface area contributed by atoms with Gasteiger partial charge in [0.15, 0.2) is 11.7 Å². The number of likely N-dealkylation sites (tertiary alicyclic amines) is 1. The lowest BCUT2D eigenvalue weighted by molar-refractivity contribution is 0.147. The summed E-state index contributed by atoms with van der Waals surface area (Å²) >= 11 is 0. The summed E-state index contributed by atoms with van der Waals surface area (Å²) in [4.78, 5) is 6.87. The zero-order valence-corrected chi connectivity index (χ0v) is 14.8. The summed E-state index contributed by atoms with van der Waals surface area (Å²) in [5.74, 6) is 1.65. The first-order valence-corrected chi connectivity index (χ1v) is 8.89. The summed E-state index contributed by atoms with van der Waals surface area (Å²) in [5, 5.41) is 10.7. The van der Waals surface area contributed by atoms with Crippen LogP contribution in [0.4, 0.5) is 0 Å². The van der Waals surface area contributed by atoms with Gasteiger partial charge in [-0.3, -0.25) is 9.89 Å². The second kappa shape index (κ2) is 9.55. The maximum absolute atomic E-state index is 5.28. The summed E-state index contributed by atoms with van der Waals surface area (Å²) in [6.07, 6.45) is 6.19. The molecule has 1 aromatic rings. The van der Waals surface area contributed by atoms with Crippen LogP contribution in [-0.4, -0.2) is 48.7 Å². The Hall–Kier alpha value is -1.56. The maximum atomic E-state index is 5.28. The topological polar surface area (TPSA) is 65.7 Å². The van der Waals surface area contributed by atoms with Gasteiger partial charge in [0.2, 0.25) is 0 Å². The molecule has 0 aromatic carbocycles. The number of aryl methyl sites for hydroxylation is 1. The van der Waals surface area contributed by atoms with E-state index < -0.39 is 0 Å². The van der Waals surface area contributed by atoms with Crippen LogP contribution >= 0.6 is 0 Å². The molecule has 1 fully saturated rings. The third kappa shape index (κ3) is 5.53. The molecule has 1 aliphatic rings. The van der Waals surface area contributed by atoms with Crippen molar-refractivity contribution in [3.05, 3.63) is 17.5 Å². The third-order valence-electron chi connectivity index (χ3n) is 4.54. The first kappa shape index (κ1) is 17.8. The minimum atomic E-state index is 0.605. The molecule has 2 heterocycles. The van der Waals surface area contributed by atoms with Gasteiger partial charge in [-0.1, -0.05) is 25.4 Å². The van der Waals surface area contributed by atoms with E-state index in [0.29, 0.717) is 6.54 Å². The third-order valence-corrected chi connectivity index (χ3v) is 4.54. The van der Waals surface area contributed by atoms with Gasteiger partial charge in [0.25, 0.3) is 0 Å². The van der Waals surface area contributed by atoms with Crippen molar-refractivity contribution in [2.75, 3.05) is 26.7 Å². The number of piperidine rings is 1. The van der Waals surface area contributed by atoms with Crippen molar-refractivity contribution >= 4 is 5.96 Å². The second-order valence-corrected chi connectivity index (χ2v) is 6.08. The van der Waals surface area contributed by atoms with Crippen LogP contribution in [0.3, 0.4) is 0 Å². The van der Waals surface area contributed by atoms with Gasteiger partial charge >= 0.3 is 0 Å². The van der Waals surface area contributed by atoms with E-state index in [1.54, 1.807) is 7.05 Å². The molecule has 1 aliphatic heterocycles. The molecular weight excluding hydrogens is 290 g/mol. The minimum absolute atomic E-state index is 0.605. The highest BCUT2D eigenvalue weighted by Crippen LogP contribution is 2.18. The molecule has 0 spiro atoms.